The molecule has 3 atom stereocenters. The Morgan fingerprint density at radius 2 is 1.49 bits per heavy atom. The first-order chi connectivity index (χ1) is 17.9. The molecule has 190 valence electrons. The topological polar surface area (TPSA) is 121 Å². The van der Waals surface area contributed by atoms with E-state index in [1.165, 1.54) is 38.5 Å². The third-order valence-electron chi connectivity index (χ3n) is 6.50. The molecule has 0 aromatic heterocycles. The van der Waals surface area contributed by atoms with Crippen LogP contribution in [0.3, 0.4) is 0 Å². The van der Waals surface area contributed by atoms with Crippen LogP contribution in [0.5, 0.6) is 17.2 Å². The fourth-order valence-electron chi connectivity index (χ4n) is 4.79. The third-order valence-corrected chi connectivity index (χ3v) is 6.50. The van der Waals surface area contributed by atoms with Crippen molar-refractivity contribution in [1.29, 1.82) is 0 Å². The first-order valence-corrected chi connectivity index (χ1v) is 11.3. The number of nitro groups is 1. The molecule has 0 radical (unpaired) electrons. The molecule has 2 aliphatic rings. The van der Waals surface area contributed by atoms with Crippen molar-refractivity contribution in [3.63, 3.8) is 0 Å². The molecule has 2 heterocycles. The van der Waals surface area contributed by atoms with E-state index in [0.717, 1.165) is 4.90 Å². The Kier molecular flexibility index (Phi) is 6.14. The molecule has 0 saturated carbocycles. The molecule has 0 aliphatic carbocycles. The molecule has 2 amide bonds. The van der Waals surface area contributed by atoms with E-state index in [4.69, 9.17) is 19.0 Å². The van der Waals surface area contributed by atoms with E-state index < -0.39 is 34.8 Å². The van der Waals surface area contributed by atoms with Crippen molar-refractivity contribution in [1.82, 2.24) is 0 Å². The number of hydroxylamine groups is 1. The number of fused-ring (bicyclic) bond motifs is 1. The van der Waals surface area contributed by atoms with Gasteiger partial charge in [-0.25, -0.2) is 9.96 Å². The number of ether oxygens (including phenoxy) is 3. The smallest absolute Gasteiger partial charge is 0.278 e. The van der Waals surface area contributed by atoms with Gasteiger partial charge in [0, 0.05) is 0 Å². The third kappa shape index (κ3) is 3.89. The fourth-order valence-corrected chi connectivity index (χ4v) is 4.79. The van der Waals surface area contributed by atoms with Gasteiger partial charge in [-0.05, 0) is 42.5 Å². The maximum atomic E-state index is 13.8. The van der Waals surface area contributed by atoms with E-state index in [9.17, 15) is 19.7 Å². The zero-order valence-electron chi connectivity index (χ0n) is 20.2. The van der Waals surface area contributed by atoms with E-state index in [0.29, 0.717) is 17.1 Å². The Bertz CT molecular complexity index is 1360. The van der Waals surface area contributed by atoms with Crippen LogP contribution in [0, 0.1) is 16.0 Å². The Hall–Kier alpha value is -4.64. The van der Waals surface area contributed by atoms with E-state index >= 15 is 0 Å². The molecule has 0 unspecified atom stereocenters. The van der Waals surface area contributed by atoms with Crippen LogP contribution >= 0.6 is 0 Å². The highest BCUT2D eigenvalue weighted by atomic mass is 16.7. The average molecular weight is 505 g/mol. The van der Waals surface area contributed by atoms with E-state index in [2.05, 4.69) is 0 Å². The number of methoxy groups -OCH3 is 3. The highest BCUT2D eigenvalue weighted by Gasteiger charge is 2.61. The van der Waals surface area contributed by atoms with Crippen molar-refractivity contribution in [2.24, 2.45) is 5.92 Å². The number of benzene rings is 3. The Morgan fingerprint density at radius 3 is 2.08 bits per heavy atom. The second kappa shape index (κ2) is 9.43. The normalized spacial score (nSPS) is 20.7. The van der Waals surface area contributed by atoms with E-state index in [1.54, 1.807) is 54.6 Å². The summed E-state index contributed by atoms with van der Waals surface area (Å²) in [5.41, 5.74) is 0.732. The van der Waals surface area contributed by atoms with Crippen LogP contribution in [0.4, 0.5) is 17.1 Å². The van der Waals surface area contributed by atoms with Gasteiger partial charge < -0.3 is 14.2 Å². The first-order valence-electron chi connectivity index (χ1n) is 11.3. The summed E-state index contributed by atoms with van der Waals surface area (Å²) in [6, 6.07) is 17.0. The molecular formula is C26H23N3O8. The number of nitrogens with zero attached hydrogens (tertiary/aromatic N) is 3. The number of hydrogen-bond donors (Lipinski definition) is 0. The van der Waals surface area contributed by atoms with Gasteiger partial charge in [0.2, 0.25) is 5.91 Å². The number of para-hydroxylation sites is 1. The summed E-state index contributed by atoms with van der Waals surface area (Å²) in [4.78, 5) is 46.0. The van der Waals surface area contributed by atoms with Gasteiger partial charge in [0.1, 0.15) is 17.7 Å². The van der Waals surface area contributed by atoms with Crippen molar-refractivity contribution < 1.29 is 33.6 Å². The van der Waals surface area contributed by atoms with Gasteiger partial charge in [0.15, 0.2) is 17.6 Å². The Labute approximate surface area is 211 Å². The standard InChI is InChI=1S/C26H23N3O8/c1-34-17-11-9-15(10-12-17)27-25(30)22-23(18-13-20(35-2)21(36-3)14-19(18)29(32)33)28(37-24(22)26(27)31)16-7-5-4-6-8-16/h4-14,22-24H,1-3H3/t22-,23+,24-/m0/s1. The zero-order valence-corrected chi connectivity index (χ0v) is 20.2. The highest BCUT2D eigenvalue weighted by molar-refractivity contribution is 6.24. The Morgan fingerprint density at radius 1 is 0.838 bits per heavy atom. The van der Waals surface area contributed by atoms with Crippen molar-refractivity contribution in [3.05, 3.63) is 82.4 Å². The minimum absolute atomic E-state index is 0.150. The molecule has 2 saturated heterocycles. The lowest BCUT2D eigenvalue weighted by atomic mass is 9.89. The minimum atomic E-state index is -1.19. The van der Waals surface area contributed by atoms with E-state index in [1.807, 2.05) is 0 Å². The molecule has 11 nitrogen and oxygen atoms in total. The minimum Gasteiger partial charge on any atom is -0.497 e. The van der Waals surface area contributed by atoms with Gasteiger partial charge in [-0.3, -0.25) is 24.5 Å². The second-order valence-electron chi connectivity index (χ2n) is 8.39. The number of carbonyl (C=O) groups excluding carboxylic acids is 2. The van der Waals surface area contributed by atoms with Crippen LogP contribution in [0.1, 0.15) is 11.6 Å². The van der Waals surface area contributed by atoms with Crippen LogP contribution in [0.25, 0.3) is 0 Å². The molecule has 0 spiro atoms. The van der Waals surface area contributed by atoms with Gasteiger partial charge in [0.25, 0.3) is 11.6 Å². The quantitative estimate of drug-likeness (QED) is 0.269. The Balaban J connectivity index is 1.66. The molecule has 3 aromatic carbocycles. The molecule has 2 fully saturated rings. The monoisotopic (exact) mass is 505 g/mol. The summed E-state index contributed by atoms with van der Waals surface area (Å²) < 4.78 is 15.8. The van der Waals surface area contributed by atoms with Crippen LogP contribution in [-0.2, 0) is 14.4 Å². The van der Waals surface area contributed by atoms with Crippen molar-refractivity contribution >= 4 is 28.9 Å². The number of amides is 2. The summed E-state index contributed by atoms with van der Waals surface area (Å²) in [5.74, 6) is -1.20. The summed E-state index contributed by atoms with van der Waals surface area (Å²) in [6.45, 7) is 0. The summed E-state index contributed by atoms with van der Waals surface area (Å²) in [7, 11) is 4.29. The number of rotatable bonds is 7. The van der Waals surface area contributed by atoms with E-state index in [-0.39, 0.29) is 22.7 Å². The van der Waals surface area contributed by atoms with Crippen molar-refractivity contribution in [2.75, 3.05) is 31.3 Å². The van der Waals surface area contributed by atoms with Gasteiger partial charge in [0.05, 0.1) is 49.3 Å². The molecule has 3 aromatic rings. The predicted molar refractivity (Wildman–Crippen MR) is 132 cm³/mol. The van der Waals surface area contributed by atoms with Crippen LogP contribution in [0.2, 0.25) is 0 Å². The molecule has 0 N–H and O–H groups in total. The lowest BCUT2D eigenvalue weighted by Gasteiger charge is -2.29. The SMILES string of the molecule is COc1ccc(N2C(=O)[C@@H]3[C@H](ON(c4ccccc4)[C@@H]3c3cc(OC)c(OC)cc3[N+](=O)[O-])C2=O)cc1. The van der Waals surface area contributed by atoms with Gasteiger partial charge in [-0.1, -0.05) is 18.2 Å². The van der Waals surface area contributed by atoms with Gasteiger partial charge in [-0.15, -0.1) is 0 Å². The number of imide groups is 1. The fraction of sp³-hybridized carbons (Fsp3) is 0.231. The average Bonchev–Trinajstić information content (AvgIpc) is 3.43. The lowest BCUT2D eigenvalue weighted by molar-refractivity contribution is -0.385. The highest BCUT2D eigenvalue weighted by Crippen LogP contribution is 2.51. The first kappa shape index (κ1) is 24.1. The van der Waals surface area contributed by atoms with Crippen molar-refractivity contribution in [2.45, 2.75) is 12.1 Å². The number of anilines is 2. The van der Waals surface area contributed by atoms with Crippen LogP contribution < -0.4 is 24.2 Å². The molecular weight excluding hydrogens is 482 g/mol. The van der Waals surface area contributed by atoms with Gasteiger partial charge in [-0.2, -0.15) is 0 Å². The molecule has 37 heavy (non-hydrogen) atoms. The summed E-state index contributed by atoms with van der Waals surface area (Å²) >= 11 is 0. The zero-order chi connectivity index (χ0) is 26.3. The largest absolute Gasteiger partial charge is 0.497 e. The number of nitro benzene ring substituents is 1. The van der Waals surface area contributed by atoms with Crippen LogP contribution in [0.15, 0.2) is 66.7 Å². The van der Waals surface area contributed by atoms with Crippen molar-refractivity contribution in [3.8, 4) is 17.2 Å². The van der Waals surface area contributed by atoms with Gasteiger partial charge >= 0.3 is 0 Å². The molecule has 5 rings (SSSR count). The number of hydrogen-bond acceptors (Lipinski definition) is 9. The predicted octanol–water partition coefficient (Wildman–Crippen LogP) is 3.67. The molecule has 0 bridgehead atoms. The summed E-state index contributed by atoms with van der Waals surface area (Å²) in [5, 5.41) is 13.5. The lowest BCUT2D eigenvalue weighted by Crippen LogP contribution is -2.37. The van der Waals surface area contributed by atoms with Crippen LogP contribution in [-0.4, -0.2) is 44.2 Å². The molecule has 2 aliphatic heterocycles. The maximum Gasteiger partial charge on any atom is 0.278 e. The second-order valence-corrected chi connectivity index (χ2v) is 8.39. The number of carbonyl (C=O) groups is 2. The maximum absolute atomic E-state index is 13.8. The molecule has 11 heteroatoms. The summed E-state index contributed by atoms with van der Waals surface area (Å²) in [6.07, 6.45) is -1.19.